The lowest BCUT2D eigenvalue weighted by atomic mass is 9.93. The van der Waals surface area contributed by atoms with Crippen LogP contribution in [0.2, 0.25) is 5.02 Å². The highest BCUT2D eigenvalue weighted by molar-refractivity contribution is 9.10. The summed E-state index contributed by atoms with van der Waals surface area (Å²) in [5.74, 6) is 0.268. The molecule has 2 aromatic carbocycles. The lowest BCUT2D eigenvalue weighted by Gasteiger charge is -2.16. The molecule has 0 spiro atoms. The number of hydrogen-bond donors (Lipinski definition) is 0. The van der Waals surface area contributed by atoms with Crippen LogP contribution in [0.15, 0.2) is 46.9 Å². The van der Waals surface area contributed by atoms with Gasteiger partial charge in [-0.1, -0.05) is 51.8 Å². The van der Waals surface area contributed by atoms with Gasteiger partial charge in [0.15, 0.2) is 0 Å². The minimum Gasteiger partial charge on any atom is -0.205 e. The first-order chi connectivity index (χ1) is 9.11. The summed E-state index contributed by atoms with van der Waals surface area (Å²) < 4.78 is 14.2. The Morgan fingerprint density at radius 3 is 2.53 bits per heavy atom. The summed E-state index contributed by atoms with van der Waals surface area (Å²) >= 11 is 15.4. The molecule has 4 heteroatoms. The maximum absolute atomic E-state index is 13.1. The predicted molar refractivity (Wildman–Crippen MR) is 82.7 cm³/mol. The van der Waals surface area contributed by atoms with Crippen LogP contribution in [0, 0.1) is 5.82 Å². The molecule has 0 bridgehead atoms. The smallest absolute Gasteiger partial charge is 0.141 e. The van der Waals surface area contributed by atoms with E-state index in [2.05, 4.69) is 15.9 Å². The number of hydrogen-bond acceptors (Lipinski definition) is 0. The first kappa shape index (κ1) is 14.8. The van der Waals surface area contributed by atoms with Gasteiger partial charge in [-0.3, -0.25) is 0 Å². The topological polar surface area (TPSA) is 0 Å². The molecule has 0 aliphatic rings. The van der Waals surface area contributed by atoms with Crippen LogP contribution in [0.3, 0.4) is 0 Å². The van der Waals surface area contributed by atoms with Crippen molar-refractivity contribution in [1.82, 2.24) is 0 Å². The van der Waals surface area contributed by atoms with E-state index in [1.807, 2.05) is 24.3 Å². The summed E-state index contributed by atoms with van der Waals surface area (Å²) in [4.78, 5) is 0. The summed E-state index contributed by atoms with van der Waals surface area (Å²) in [6, 6.07) is 12.8. The van der Waals surface area contributed by atoms with Crippen molar-refractivity contribution in [2.75, 3.05) is 5.88 Å². The van der Waals surface area contributed by atoms with E-state index in [9.17, 15) is 4.39 Å². The number of rotatable bonds is 4. The molecule has 0 saturated carbocycles. The molecule has 0 radical (unpaired) electrons. The Balaban J connectivity index is 2.24. The summed E-state index contributed by atoms with van der Waals surface area (Å²) in [7, 11) is 0. The molecule has 0 amide bonds. The fourth-order valence-corrected chi connectivity index (χ4v) is 3.09. The molecule has 0 nitrogen and oxygen atoms in total. The summed E-state index contributed by atoms with van der Waals surface area (Å²) in [6.07, 6.45) is 0.728. The van der Waals surface area contributed by atoms with Crippen molar-refractivity contribution >= 4 is 39.1 Å². The molecular formula is C15H12BrCl2F. The highest BCUT2D eigenvalue weighted by Gasteiger charge is 2.14. The Kier molecular flexibility index (Phi) is 5.26. The molecular weight excluding hydrogens is 350 g/mol. The second-order valence-electron chi connectivity index (χ2n) is 4.33. The van der Waals surface area contributed by atoms with Crippen molar-refractivity contribution < 1.29 is 4.39 Å². The van der Waals surface area contributed by atoms with Gasteiger partial charge in [-0.15, -0.1) is 11.6 Å². The Morgan fingerprint density at radius 2 is 1.89 bits per heavy atom. The van der Waals surface area contributed by atoms with Gasteiger partial charge in [0.25, 0.3) is 0 Å². The van der Waals surface area contributed by atoms with Gasteiger partial charge < -0.3 is 0 Å². The Labute approximate surface area is 130 Å². The largest absolute Gasteiger partial charge is 0.205 e. The SMILES string of the molecule is Fc1ccc(CC(CCl)c2ccccc2Br)cc1Cl. The highest BCUT2D eigenvalue weighted by Crippen LogP contribution is 2.29. The number of benzene rings is 2. The fraction of sp³-hybridized carbons (Fsp3) is 0.200. The molecule has 0 N–H and O–H groups in total. The molecule has 0 aliphatic carbocycles. The highest BCUT2D eigenvalue weighted by atomic mass is 79.9. The fourth-order valence-electron chi connectivity index (χ4n) is 2.00. The molecule has 19 heavy (non-hydrogen) atoms. The Bertz CT molecular complexity index is 572. The molecule has 2 aromatic rings. The van der Waals surface area contributed by atoms with E-state index < -0.39 is 5.82 Å². The minimum absolute atomic E-state index is 0.151. The zero-order valence-electron chi connectivity index (χ0n) is 10.0. The average Bonchev–Trinajstić information content (AvgIpc) is 2.41. The predicted octanol–water partition coefficient (Wildman–Crippen LogP) is 5.81. The van der Waals surface area contributed by atoms with E-state index in [1.165, 1.54) is 6.07 Å². The van der Waals surface area contributed by atoms with Crippen LogP contribution in [0.5, 0.6) is 0 Å². The average molecular weight is 362 g/mol. The van der Waals surface area contributed by atoms with Crippen molar-refractivity contribution in [3.63, 3.8) is 0 Å². The first-order valence-corrected chi connectivity index (χ1v) is 7.56. The van der Waals surface area contributed by atoms with Gasteiger partial charge in [0, 0.05) is 16.3 Å². The van der Waals surface area contributed by atoms with Crippen molar-refractivity contribution in [1.29, 1.82) is 0 Å². The van der Waals surface area contributed by atoms with Crippen LogP contribution in [-0.2, 0) is 6.42 Å². The Morgan fingerprint density at radius 1 is 1.16 bits per heavy atom. The third-order valence-corrected chi connectivity index (χ3v) is 4.38. The monoisotopic (exact) mass is 360 g/mol. The van der Waals surface area contributed by atoms with Crippen LogP contribution < -0.4 is 0 Å². The van der Waals surface area contributed by atoms with Gasteiger partial charge in [0.1, 0.15) is 5.82 Å². The summed E-state index contributed by atoms with van der Waals surface area (Å²) in [5, 5.41) is 0.151. The molecule has 0 aromatic heterocycles. The number of alkyl halides is 1. The molecule has 0 aliphatic heterocycles. The van der Waals surface area contributed by atoms with E-state index in [0.717, 1.165) is 22.0 Å². The third kappa shape index (κ3) is 3.71. The first-order valence-electron chi connectivity index (χ1n) is 5.86. The lowest BCUT2D eigenvalue weighted by Crippen LogP contribution is -2.05. The second kappa shape index (κ2) is 6.74. The zero-order chi connectivity index (χ0) is 13.8. The molecule has 1 atom stereocenters. The molecule has 100 valence electrons. The standard InChI is InChI=1S/C15H12BrCl2F/c16-13-4-2-1-3-12(13)11(9-17)7-10-5-6-15(19)14(18)8-10/h1-6,8,11H,7,9H2. The molecule has 1 unspecified atom stereocenters. The normalized spacial score (nSPS) is 12.4. The van der Waals surface area contributed by atoms with Gasteiger partial charge >= 0.3 is 0 Å². The summed E-state index contributed by atoms with van der Waals surface area (Å²) in [6.45, 7) is 0. The third-order valence-electron chi connectivity index (χ3n) is 3.00. The van der Waals surface area contributed by atoms with E-state index in [0.29, 0.717) is 5.88 Å². The van der Waals surface area contributed by atoms with E-state index >= 15 is 0 Å². The van der Waals surface area contributed by atoms with Crippen LogP contribution in [0.1, 0.15) is 17.0 Å². The van der Waals surface area contributed by atoms with Gasteiger partial charge in [-0.2, -0.15) is 0 Å². The van der Waals surface area contributed by atoms with E-state index in [1.54, 1.807) is 12.1 Å². The van der Waals surface area contributed by atoms with Crippen molar-refractivity contribution in [2.45, 2.75) is 12.3 Å². The maximum atomic E-state index is 13.1. The van der Waals surface area contributed by atoms with E-state index in [4.69, 9.17) is 23.2 Å². The van der Waals surface area contributed by atoms with Crippen LogP contribution in [0.4, 0.5) is 4.39 Å². The minimum atomic E-state index is -0.395. The van der Waals surface area contributed by atoms with Gasteiger partial charge in [-0.25, -0.2) is 4.39 Å². The van der Waals surface area contributed by atoms with E-state index in [-0.39, 0.29) is 10.9 Å². The second-order valence-corrected chi connectivity index (χ2v) is 5.90. The van der Waals surface area contributed by atoms with Gasteiger partial charge in [0.05, 0.1) is 5.02 Å². The molecule has 2 rings (SSSR count). The van der Waals surface area contributed by atoms with Crippen LogP contribution in [-0.4, -0.2) is 5.88 Å². The lowest BCUT2D eigenvalue weighted by molar-refractivity contribution is 0.626. The Hall–Kier alpha value is -0.570. The molecule has 0 fully saturated rings. The molecule has 0 saturated heterocycles. The van der Waals surface area contributed by atoms with Crippen molar-refractivity contribution in [2.24, 2.45) is 0 Å². The van der Waals surface area contributed by atoms with Crippen LogP contribution in [0.25, 0.3) is 0 Å². The van der Waals surface area contributed by atoms with Gasteiger partial charge in [-0.05, 0) is 35.7 Å². The quantitative estimate of drug-likeness (QED) is 0.603. The zero-order valence-corrected chi connectivity index (χ0v) is 13.1. The van der Waals surface area contributed by atoms with Crippen molar-refractivity contribution in [3.05, 3.63) is 68.9 Å². The van der Waals surface area contributed by atoms with Crippen molar-refractivity contribution in [3.8, 4) is 0 Å². The van der Waals surface area contributed by atoms with Gasteiger partial charge in [0.2, 0.25) is 0 Å². The molecule has 0 heterocycles. The number of halogens is 4. The summed E-state index contributed by atoms with van der Waals surface area (Å²) in [5.41, 5.74) is 2.13. The maximum Gasteiger partial charge on any atom is 0.141 e. The van der Waals surface area contributed by atoms with Crippen LogP contribution >= 0.6 is 39.1 Å².